The zero-order valence-electron chi connectivity index (χ0n) is 18.1. The maximum Gasteiger partial charge on any atom is 0.248 e. The van der Waals surface area contributed by atoms with Gasteiger partial charge in [0.25, 0.3) is 0 Å². The molecule has 1 saturated heterocycles. The van der Waals surface area contributed by atoms with Gasteiger partial charge in [0.15, 0.2) is 0 Å². The van der Waals surface area contributed by atoms with Crippen LogP contribution in [0, 0.1) is 11.2 Å². The van der Waals surface area contributed by atoms with E-state index in [9.17, 15) is 19.1 Å². The van der Waals surface area contributed by atoms with Gasteiger partial charge >= 0.3 is 0 Å². The molecule has 1 fully saturated rings. The van der Waals surface area contributed by atoms with Crippen molar-refractivity contribution in [3.05, 3.63) is 42.0 Å². The van der Waals surface area contributed by atoms with Crippen LogP contribution in [0.15, 0.2) is 30.5 Å². The lowest BCUT2D eigenvalue weighted by atomic mass is 9.85. The molecule has 0 aliphatic carbocycles. The van der Waals surface area contributed by atoms with E-state index in [0.29, 0.717) is 11.4 Å². The van der Waals surface area contributed by atoms with Gasteiger partial charge in [-0.15, -0.1) is 5.10 Å². The molecule has 0 spiro atoms. The number of nitrogens with zero attached hydrogens (tertiary/aromatic N) is 4. The van der Waals surface area contributed by atoms with Gasteiger partial charge in [-0.3, -0.25) is 9.59 Å². The van der Waals surface area contributed by atoms with Gasteiger partial charge in [-0.2, -0.15) is 0 Å². The summed E-state index contributed by atoms with van der Waals surface area (Å²) in [7, 11) is 1.50. The standard InChI is InChI=1S/C21H28FN5O4/c1-21(2,3)18(20(30)26-11-15(28)9-17(26)19(29)23-4)27-10-14(24-25-27)12-31-16-7-5-13(22)6-8-16/h5-8,10,15,17-18,28H,9,11-12H2,1-4H3,(H,23,29)/t15?,17?,18-/m1/s1. The molecule has 2 amide bonds. The van der Waals surface area contributed by atoms with Crippen LogP contribution in [0.4, 0.5) is 4.39 Å². The largest absolute Gasteiger partial charge is 0.487 e. The van der Waals surface area contributed by atoms with Crippen LogP contribution >= 0.6 is 0 Å². The number of hydrogen-bond acceptors (Lipinski definition) is 6. The third-order valence-corrected chi connectivity index (χ3v) is 5.19. The third kappa shape index (κ3) is 5.19. The Morgan fingerprint density at radius 3 is 2.61 bits per heavy atom. The van der Waals surface area contributed by atoms with Crippen molar-refractivity contribution in [2.75, 3.05) is 13.6 Å². The number of carbonyl (C=O) groups is 2. The summed E-state index contributed by atoms with van der Waals surface area (Å²) < 4.78 is 20.1. The fraction of sp³-hybridized carbons (Fsp3) is 0.524. The van der Waals surface area contributed by atoms with Gasteiger partial charge in [0.05, 0.1) is 12.3 Å². The number of amides is 2. The molecule has 9 nitrogen and oxygen atoms in total. The van der Waals surface area contributed by atoms with Crippen LogP contribution in [0.5, 0.6) is 5.75 Å². The Morgan fingerprint density at radius 1 is 1.32 bits per heavy atom. The van der Waals surface area contributed by atoms with Gasteiger partial charge in [-0.05, 0) is 29.7 Å². The van der Waals surface area contributed by atoms with Crippen LogP contribution in [0.25, 0.3) is 0 Å². The molecule has 3 atom stereocenters. The highest BCUT2D eigenvalue weighted by molar-refractivity contribution is 5.90. The predicted molar refractivity (Wildman–Crippen MR) is 109 cm³/mol. The minimum absolute atomic E-state index is 0.0821. The van der Waals surface area contributed by atoms with Crippen LogP contribution in [-0.4, -0.2) is 62.6 Å². The summed E-state index contributed by atoms with van der Waals surface area (Å²) in [4.78, 5) is 27.1. The molecule has 31 heavy (non-hydrogen) atoms. The average Bonchev–Trinajstić information content (AvgIpc) is 3.32. The molecular formula is C21H28FN5O4. The van der Waals surface area contributed by atoms with Crippen molar-refractivity contribution < 1.29 is 23.8 Å². The molecule has 168 valence electrons. The summed E-state index contributed by atoms with van der Waals surface area (Å²) in [5.74, 6) is -0.496. The molecule has 0 saturated carbocycles. The molecule has 0 radical (unpaired) electrons. The molecule has 2 aromatic rings. The first-order valence-electron chi connectivity index (χ1n) is 10.1. The molecular weight excluding hydrogens is 405 g/mol. The average molecular weight is 433 g/mol. The topological polar surface area (TPSA) is 110 Å². The maximum absolute atomic E-state index is 13.5. The number of carbonyl (C=O) groups excluding carboxylic acids is 2. The zero-order valence-corrected chi connectivity index (χ0v) is 18.1. The second kappa shape index (κ2) is 9.01. The van der Waals surface area contributed by atoms with Crippen LogP contribution in [0.1, 0.15) is 38.9 Å². The van der Waals surface area contributed by atoms with Crippen molar-refractivity contribution in [2.45, 2.75) is 52.0 Å². The smallest absolute Gasteiger partial charge is 0.248 e. The quantitative estimate of drug-likeness (QED) is 0.711. The first kappa shape index (κ1) is 22.7. The number of rotatable bonds is 6. The van der Waals surface area contributed by atoms with Crippen molar-refractivity contribution in [3.63, 3.8) is 0 Å². The lowest BCUT2D eigenvalue weighted by Gasteiger charge is -2.34. The number of β-amino-alcohol motifs (C(OH)–C–C–N with tert-alkyl or cyclic N) is 1. The molecule has 1 aromatic carbocycles. The fourth-order valence-corrected chi connectivity index (χ4v) is 3.70. The summed E-state index contributed by atoms with van der Waals surface area (Å²) >= 11 is 0. The van der Waals surface area contributed by atoms with E-state index in [0.717, 1.165) is 0 Å². The Balaban J connectivity index is 1.79. The van der Waals surface area contributed by atoms with E-state index in [4.69, 9.17) is 4.74 Å². The van der Waals surface area contributed by atoms with E-state index in [1.165, 1.54) is 40.9 Å². The highest BCUT2D eigenvalue weighted by Crippen LogP contribution is 2.34. The maximum atomic E-state index is 13.5. The molecule has 1 aliphatic rings. The van der Waals surface area contributed by atoms with Crippen molar-refractivity contribution in [1.82, 2.24) is 25.2 Å². The number of aliphatic hydroxyl groups is 1. The molecule has 2 N–H and O–H groups in total. The molecule has 3 rings (SSSR count). The zero-order chi connectivity index (χ0) is 22.8. The number of ether oxygens (including phenoxy) is 1. The molecule has 1 aliphatic heterocycles. The lowest BCUT2D eigenvalue weighted by molar-refractivity contribution is -0.144. The van der Waals surface area contributed by atoms with Gasteiger partial charge in [0.2, 0.25) is 11.8 Å². The van der Waals surface area contributed by atoms with E-state index in [1.54, 1.807) is 6.20 Å². The van der Waals surface area contributed by atoms with Crippen LogP contribution < -0.4 is 10.1 Å². The summed E-state index contributed by atoms with van der Waals surface area (Å²) in [6.45, 7) is 5.87. The molecule has 2 unspecified atom stereocenters. The minimum Gasteiger partial charge on any atom is -0.487 e. The normalized spacial score (nSPS) is 19.9. The van der Waals surface area contributed by atoms with Crippen molar-refractivity contribution in [2.24, 2.45) is 5.41 Å². The van der Waals surface area contributed by atoms with Gasteiger partial charge in [-0.25, -0.2) is 9.07 Å². The van der Waals surface area contributed by atoms with Crippen molar-refractivity contribution in [3.8, 4) is 5.75 Å². The van der Waals surface area contributed by atoms with Crippen molar-refractivity contribution >= 4 is 11.8 Å². The Bertz CT molecular complexity index is 925. The first-order chi connectivity index (χ1) is 14.6. The van der Waals surface area contributed by atoms with E-state index in [2.05, 4.69) is 15.6 Å². The number of halogens is 1. The summed E-state index contributed by atoms with van der Waals surface area (Å²) in [5, 5.41) is 20.8. The Morgan fingerprint density at radius 2 is 2.00 bits per heavy atom. The first-order valence-corrected chi connectivity index (χ1v) is 10.1. The fourth-order valence-electron chi connectivity index (χ4n) is 3.70. The Labute approximate surface area is 180 Å². The number of likely N-dealkylation sites (tertiary alicyclic amines) is 1. The Hall–Kier alpha value is -3.01. The van der Waals surface area contributed by atoms with E-state index < -0.39 is 23.6 Å². The minimum atomic E-state index is -0.762. The Kier molecular flexibility index (Phi) is 6.59. The van der Waals surface area contributed by atoms with Crippen LogP contribution in [-0.2, 0) is 16.2 Å². The number of aromatic nitrogens is 3. The molecule has 10 heteroatoms. The lowest BCUT2D eigenvalue weighted by Crippen LogP contribution is -2.49. The third-order valence-electron chi connectivity index (χ3n) is 5.19. The molecule has 2 heterocycles. The van der Waals surface area contributed by atoms with E-state index >= 15 is 0 Å². The van der Waals surface area contributed by atoms with E-state index in [1.807, 2.05) is 20.8 Å². The summed E-state index contributed by atoms with van der Waals surface area (Å²) in [6.07, 6.45) is 1.05. The van der Waals surface area contributed by atoms with Gasteiger partial charge in [0, 0.05) is 20.0 Å². The summed E-state index contributed by atoms with van der Waals surface area (Å²) in [5.41, 5.74) is -0.0450. The number of aliphatic hydroxyl groups excluding tert-OH is 1. The van der Waals surface area contributed by atoms with E-state index in [-0.39, 0.29) is 37.2 Å². The van der Waals surface area contributed by atoms with Crippen molar-refractivity contribution in [1.29, 1.82) is 0 Å². The number of benzene rings is 1. The molecule has 0 bridgehead atoms. The second-order valence-electron chi connectivity index (χ2n) is 8.71. The highest BCUT2D eigenvalue weighted by Gasteiger charge is 2.44. The SMILES string of the molecule is CNC(=O)C1CC(O)CN1C(=O)[C@@H](n1cc(COc2ccc(F)cc2)nn1)C(C)(C)C. The van der Waals surface area contributed by atoms with Gasteiger partial charge in [0.1, 0.15) is 36.0 Å². The number of hydrogen-bond donors (Lipinski definition) is 2. The molecule has 1 aromatic heterocycles. The number of likely N-dealkylation sites (N-methyl/N-ethyl adjacent to an activating group) is 1. The van der Waals surface area contributed by atoms with Gasteiger partial charge in [-0.1, -0.05) is 26.0 Å². The monoisotopic (exact) mass is 433 g/mol. The second-order valence-corrected chi connectivity index (χ2v) is 8.71. The summed E-state index contributed by atoms with van der Waals surface area (Å²) in [6, 6.07) is 4.15. The van der Waals surface area contributed by atoms with Gasteiger partial charge < -0.3 is 20.1 Å². The predicted octanol–water partition coefficient (Wildman–Crippen LogP) is 1.29. The van der Waals surface area contributed by atoms with Crippen LogP contribution in [0.3, 0.4) is 0 Å². The number of nitrogens with one attached hydrogen (secondary N) is 1. The van der Waals surface area contributed by atoms with Crippen LogP contribution in [0.2, 0.25) is 0 Å². The highest BCUT2D eigenvalue weighted by atomic mass is 19.1.